The maximum Gasteiger partial charge on any atom is 0.354 e. The van der Waals surface area contributed by atoms with Crippen molar-refractivity contribution in [3.05, 3.63) is 36.0 Å². The Morgan fingerprint density at radius 2 is 2.20 bits per heavy atom. The van der Waals surface area contributed by atoms with Crippen LogP contribution in [0, 0.1) is 5.92 Å². The van der Waals surface area contributed by atoms with E-state index in [4.69, 9.17) is 9.84 Å². The number of fused-ring (bicyclic) bond motifs is 1. The van der Waals surface area contributed by atoms with Gasteiger partial charge in [0.15, 0.2) is 5.69 Å². The predicted molar refractivity (Wildman–Crippen MR) is 78.2 cm³/mol. The second kappa shape index (κ2) is 6.34. The summed E-state index contributed by atoms with van der Waals surface area (Å²) in [6, 6.07) is 9.19. The molecule has 0 fully saturated rings. The van der Waals surface area contributed by atoms with Gasteiger partial charge in [-0.2, -0.15) is 0 Å². The van der Waals surface area contributed by atoms with Gasteiger partial charge in [-0.05, 0) is 17.4 Å². The minimum atomic E-state index is -1.02. The van der Waals surface area contributed by atoms with Crippen LogP contribution < -0.4 is 5.32 Å². The Labute approximate surface area is 117 Å². The van der Waals surface area contributed by atoms with Gasteiger partial charge in [0.05, 0.1) is 6.61 Å². The van der Waals surface area contributed by atoms with E-state index in [1.807, 2.05) is 24.3 Å². The molecule has 0 saturated heterocycles. The summed E-state index contributed by atoms with van der Waals surface area (Å²) < 4.78 is 5.09. The van der Waals surface area contributed by atoms with E-state index in [-0.39, 0.29) is 5.69 Å². The van der Waals surface area contributed by atoms with Crippen LogP contribution in [0.25, 0.3) is 10.8 Å². The lowest BCUT2D eigenvalue weighted by Gasteiger charge is -2.14. The fourth-order valence-electron chi connectivity index (χ4n) is 2.06. The smallest absolute Gasteiger partial charge is 0.354 e. The van der Waals surface area contributed by atoms with Crippen molar-refractivity contribution in [3.8, 4) is 0 Å². The molecule has 20 heavy (non-hydrogen) atoms. The number of carbonyl (C=O) groups is 1. The summed E-state index contributed by atoms with van der Waals surface area (Å²) >= 11 is 0. The van der Waals surface area contributed by atoms with E-state index < -0.39 is 5.97 Å². The minimum Gasteiger partial charge on any atom is -0.477 e. The van der Waals surface area contributed by atoms with E-state index in [0.717, 1.165) is 10.8 Å². The number of methoxy groups -OCH3 is 1. The number of nitrogens with one attached hydrogen (secondary N) is 1. The quantitative estimate of drug-likeness (QED) is 0.847. The van der Waals surface area contributed by atoms with Gasteiger partial charge in [-0.15, -0.1) is 0 Å². The van der Waals surface area contributed by atoms with Crippen LogP contribution in [0.1, 0.15) is 17.4 Å². The number of aromatic nitrogens is 1. The van der Waals surface area contributed by atoms with Crippen molar-refractivity contribution in [1.82, 2.24) is 4.98 Å². The summed E-state index contributed by atoms with van der Waals surface area (Å²) in [5.74, 6) is -0.110. The first-order chi connectivity index (χ1) is 9.61. The average Bonchev–Trinajstić information content (AvgIpc) is 2.44. The lowest BCUT2D eigenvalue weighted by atomic mass is 10.1. The van der Waals surface area contributed by atoms with Crippen molar-refractivity contribution in [1.29, 1.82) is 0 Å². The van der Waals surface area contributed by atoms with Crippen molar-refractivity contribution in [2.45, 2.75) is 6.92 Å². The Morgan fingerprint density at radius 3 is 2.90 bits per heavy atom. The highest BCUT2D eigenvalue weighted by Gasteiger charge is 2.11. The average molecular weight is 274 g/mol. The topological polar surface area (TPSA) is 71.5 Å². The Bertz CT molecular complexity index is 613. The first kappa shape index (κ1) is 14.3. The van der Waals surface area contributed by atoms with Crippen LogP contribution in [-0.2, 0) is 4.74 Å². The molecule has 0 radical (unpaired) electrons. The van der Waals surface area contributed by atoms with Crippen molar-refractivity contribution >= 4 is 22.6 Å². The minimum absolute atomic E-state index is 0.0468. The molecule has 0 aliphatic heterocycles. The molecule has 0 saturated carbocycles. The third kappa shape index (κ3) is 3.24. The number of ether oxygens (including phenoxy) is 1. The highest BCUT2D eigenvalue weighted by atomic mass is 16.5. The van der Waals surface area contributed by atoms with Crippen molar-refractivity contribution < 1.29 is 14.6 Å². The van der Waals surface area contributed by atoms with Crippen molar-refractivity contribution in [2.75, 3.05) is 25.6 Å². The summed E-state index contributed by atoms with van der Waals surface area (Å²) in [4.78, 5) is 15.3. The van der Waals surface area contributed by atoms with Gasteiger partial charge in [-0.1, -0.05) is 31.2 Å². The predicted octanol–water partition coefficient (Wildman–Crippen LogP) is 2.63. The van der Waals surface area contributed by atoms with Gasteiger partial charge in [0.25, 0.3) is 0 Å². The normalized spacial score (nSPS) is 12.3. The lowest BCUT2D eigenvalue weighted by molar-refractivity contribution is 0.0691. The van der Waals surface area contributed by atoms with Crippen LogP contribution in [0.3, 0.4) is 0 Å². The molecule has 1 unspecified atom stereocenters. The third-order valence-corrected chi connectivity index (χ3v) is 3.03. The summed E-state index contributed by atoms with van der Waals surface area (Å²) in [7, 11) is 1.66. The van der Waals surface area contributed by atoms with Gasteiger partial charge in [0.2, 0.25) is 0 Å². The SMILES string of the molecule is COCC(C)CNc1nc(C(=O)O)cc2ccccc12. The largest absolute Gasteiger partial charge is 0.477 e. The Hall–Kier alpha value is -2.14. The zero-order valence-corrected chi connectivity index (χ0v) is 11.6. The van der Waals surface area contributed by atoms with Crippen LogP contribution >= 0.6 is 0 Å². The van der Waals surface area contributed by atoms with E-state index in [2.05, 4.69) is 17.2 Å². The van der Waals surface area contributed by atoms with Crippen molar-refractivity contribution in [2.24, 2.45) is 5.92 Å². The van der Waals surface area contributed by atoms with Crippen LogP contribution in [0.2, 0.25) is 0 Å². The number of hydrogen-bond donors (Lipinski definition) is 2. The number of rotatable bonds is 6. The number of anilines is 1. The molecule has 2 aromatic rings. The molecule has 0 bridgehead atoms. The Morgan fingerprint density at radius 1 is 1.45 bits per heavy atom. The highest BCUT2D eigenvalue weighted by Crippen LogP contribution is 2.22. The van der Waals surface area contributed by atoms with E-state index in [0.29, 0.717) is 24.9 Å². The molecule has 1 atom stereocenters. The zero-order valence-electron chi connectivity index (χ0n) is 11.6. The van der Waals surface area contributed by atoms with Gasteiger partial charge >= 0.3 is 5.97 Å². The maximum absolute atomic E-state index is 11.1. The molecule has 0 aliphatic rings. The summed E-state index contributed by atoms with van der Waals surface area (Å²) in [5, 5.41) is 14.1. The van der Waals surface area contributed by atoms with E-state index >= 15 is 0 Å². The molecule has 0 aliphatic carbocycles. The van der Waals surface area contributed by atoms with Gasteiger partial charge < -0.3 is 15.2 Å². The van der Waals surface area contributed by atoms with Crippen LogP contribution in [0.15, 0.2) is 30.3 Å². The molecule has 1 heterocycles. The molecule has 106 valence electrons. The van der Waals surface area contributed by atoms with Gasteiger partial charge in [-0.25, -0.2) is 9.78 Å². The number of nitrogens with zero attached hydrogens (tertiary/aromatic N) is 1. The van der Waals surface area contributed by atoms with Crippen LogP contribution in [-0.4, -0.2) is 36.3 Å². The summed E-state index contributed by atoms with van der Waals surface area (Å²) in [6.45, 7) is 3.37. The molecule has 5 heteroatoms. The number of benzene rings is 1. The zero-order chi connectivity index (χ0) is 14.5. The second-order valence-corrected chi connectivity index (χ2v) is 4.82. The monoisotopic (exact) mass is 274 g/mol. The fourth-order valence-corrected chi connectivity index (χ4v) is 2.06. The highest BCUT2D eigenvalue weighted by molar-refractivity contribution is 5.97. The lowest BCUT2D eigenvalue weighted by Crippen LogP contribution is -2.17. The molecule has 2 N–H and O–H groups in total. The van der Waals surface area contributed by atoms with Crippen molar-refractivity contribution in [3.63, 3.8) is 0 Å². The first-order valence-electron chi connectivity index (χ1n) is 6.47. The van der Waals surface area contributed by atoms with Crippen LogP contribution in [0.5, 0.6) is 0 Å². The molecule has 0 spiro atoms. The second-order valence-electron chi connectivity index (χ2n) is 4.82. The number of hydrogen-bond acceptors (Lipinski definition) is 4. The third-order valence-electron chi connectivity index (χ3n) is 3.03. The molecule has 1 aromatic heterocycles. The molecule has 5 nitrogen and oxygen atoms in total. The Balaban J connectivity index is 2.32. The number of carboxylic acids is 1. The molecule has 1 aromatic carbocycles. The van der Waals surface area contributed by atoms with Gasteiger partial charge in [0.1, 0.15) is 5.82 Å². The van der Waals surface area contributed by atoms with E-state index in [1.165, 1.54) is 0 Å². The molecular weight excluding hydrogens is 256 g/mol. The molecular formula is C15H18N2O3. The Kier molecular flexibility index (Phi) is 4.53. The first-order valence-corrected chi connectivity index (χ1v) is 6.47. The van der Waals surface area contributed by atoms with E-state index in [1.54, 1.807) is 13.2 Å². The summed E-state index contributed by atoms with van der Waals surface area (Å²) in [5.41, 5.74) is 0.0468. The standard InChI is InChI=1S/C15H18N2O3/c1-10(9-20-2)8-16-14-12-6-4-3-5-11(12)7-13(17-14)15(18)19/h3-7,10H,8-9H2,1-2H3,(H,16,17)(H,18,19). The number of pyridine rings is 1. The number of carboxylic acid groups (broad SMARTS) is 1. The summed E-state index contributed by atoms with van der Waals surface area (Å²) in [6.07, 6.45) is 0. The molecule has 0 amide bonds. The van der Waals surface area contributed by atoms with Crippen LogP contribution in [0.4, 0.5) is 5.82 Å². The fraction of sp³-hybridized carbons (Fsp3) is 0.333. The number of aromatic carboxylic acids is 1. The van der Waals surface area contributed by atoms with Gasteiger partial charge in [0, 0.05) is 19.0 Å². The van der Waals surface area contributed by atoms with Gasteiger partial charge in [-0.3, -0.25) is 0 Å². The maximum atomic E-state index is 11.1. The van der Waals surface area contributed by atoms with E-state index in [9.17, 15) is 4.79 Å². The molecule has 2 rings (SSSR count).